The summed E-state index contributed by atoms with van der Waals surface area (Å²) in [7, 11) is 0. The molecular weight excluding hydrogens is 290 g/mol. The summed E-state index contributed by atoms with van der Waals surface area (Å²) in [5.41, 5.74) is 7.46. The molecule has 2 aromatic carbocycles. The van der Waals surface area contributed by atoms with Crippen LogP contribution in [-0.2, 0) is 0 Å². The normalized spacial score (nSPS) is 16.2. The monoisotopic (exact) mass is 315 g/mol. The van der Waals surface area contributed by atoms with Crippen molar-refractivity contribution in [1.29, 1.82) is 0 Å². The van der Waals surface area contributed by atoms with E-state index in [4.69, 9.17) is 0 Å². The first-order valence-electron chi connectivity index (χ1n) is 8.56. The van der Waals surface area contributed by atoms with Crippen molar-refractivity contribution in [1.82, 2.24) is 5.32 Å². The molecule has 0 saturated heterocycles. The van der Waals surface area contributed by atoms with E-state index in [0.29, 0.717) is 5.92 Å². The van der Waals surface area contributed by atoms with Crippen molar-refractivity contribution in [3.8, 4) is 11.1 Å². The first kappa shape index (κ1) is 16.3. The van der Waals surface area contributed by atoms with Gasteiger partial charge in [-0.1, -0.05) is 74.5 Å². The van der Waals surface area contributed by atoms with Crippen LogP contribution in [0, 0.1) is 0 Å². The minimum absolute atomic E-state index is 0.191. The first-order chi connectivity index (χ1) is 11.6. The quantitative estimate of drug-likeness (QED) is 0.705. The van der Waals surface area contributed by atoms with E-state index in [1.807, 2.05) is 12.3 Å². The third kappa shape index (κ3) is 3.35. The molecule has 1 N–H and O–H groups in total. The lowest BCUT2D eigenvalue weighted by molar-refractivity contribution is 0.744. The predicted octanol–water partition coefficient (Wildman–Crippen LogP) is 6.22. The molecule has 0 amide bonds. The van der Waals surface area contributed by atoms with E-state index in [9.17, 15) is 0 Å². The molecule has 1 atom stereocenters. The van der Waals surface area contributed by atoms with Crippen molar-refractivity contribution in [2.45, 2.75) is 32.7 Å². The predicted molar refractivity (Wildman–Crippen MR) is 105 cm³/mol. The van der Waals surface area contributed by atoms with Crippen molar-refractivity contribution in [2.24, 2.45) is 0 Å². The van der Waals surface area contributed by atoms with Gasteiger partial charge in [-0.05, 0) is 59.0 Å². The van der Waals surface area contributed by atoms with Gasteiger partial charge >= 0.3 is 0 Å². The molecule has 0 spiro atoms. The minimum atomic E-state index is 0.191. The van der Waals surface area contributed by atoms with Crippen LogP contribution >= 0.6 is 0 Å². The van der Waals surface area contributed by atoms with Gasteiger partial charge in [0, 0.05) is 0 Å². The van der Waals surface area contributed by atoms with Gasteiger partial charge in [0.15, 0.2) is 0 Å². The van der Waals surface area contributed by atoms with Crippen molar-refractivity contribution in [3.63, 3.8) is 0 Å². The van der Waals surface area contributed by atoms with Gasteiger partial charge in [-0.3, -0.25) is 0 Å². The highest BCUT2D eigenvalue weighted by atomic mass is 14.9. The Morgan fingerprint density at radius 3 is 2.29 bits per heavy atom. The zero-order chi connectivity index (χ0) is 17.1. The van der Waals surface area contributed by atoms with Gasteiger partial charge in [0.25, 0.3) is 0 Å². The Bertz CT molecular complexity index is 791. The second kappa shape index (κ2) is 6.92. The molecule has 1 aliphatic heterocycles. The highest BCUT2D eigenvalue weighted by molar-refractivity contribution is 5.72. The van der Waals surface area contributed by atoms with E-state index in [2.05, 4.69) is 87.3 Å². The third-order valence-corrected chi connectivity index (χ3v) is 4.54. The van der Waals surface area contributed by atoms with Gasteiger partial charge in [0.05, 0.1) is 6.04 Å². The maximum Gasteiger partial charge on any atom is 0.0701 e. The number of rotatable bonds is 4. The number of dihydropyridines is 1. The maximum absolute atomic E-state index is 4.14. The van der Waals surface area contributed by atoms with Crippen LogP contribution in [0.1, 0.15) is 49.4 Å². The lowest BCUT2D eigenvalue weighted by Gasteiger charge is -2.21. The van der Waals surface area contributed by atoms with E-state index in [0.717, 1.165) is 5.57 Å². The van der Waals surface area contributed by atoms with Gasteiger partial charge in [-0.15, -0.1) is 0 Å². The van der Waals surface area contributed by atoms with E-state index in [1.165, 1.54) is 27.8 Å². The molecule has 0 radical (unpaired) electrons. The van der Waals surface area contributed by atoms with Gasteiger partial charge in [-0.2, -0.15) is 0 Å². The lowest BCUT2D eigenvalue weighted by Crippen LogP contribution is -2.16. The topological polar surface area (TPSA) is 12.0 Å². The second-order valence-corrected chi connectivity index (χ2v) is 6.75. The molecule has 122 valence electrons. The summed E-state index contributed by atoms with van der Waals surface area (Å²) in [6, 6.07) is 15.8. The summed E-state index contributed by atoms with van der Waals surface area (Å²) in [4.78, 5) is 0. The fourth-order valence-electron chi connectivity index (χ4n) is 3.09. The summed E-state index contributed by atoms with van der Waals surface area (Å²) < 4.78 is 0. The number of allylic oxidation sites excluding steroid dienone is 3. The molecular formula is C23H25N. The van der Waals surface area contributed by atoms with Crippen LogP contribution in [0.2, 0.25) is 0 Å². The smallest absolute Gasteiger partial charge is 0.0701 e. The summed E-state index contributed by atoms with van der Waals surface area (Å²) in [6.45, 7) is 10.7. The van der Waals surface area contributed by atoms with E-state index in [-0.39, 0.29) is 6.04 Å². The minimum Gasteiger partial charge on any atom is -0.381 e. The Balaban J connectivity index is 2.01. The molecule has 2 aromatic rings. The van der Waals surface area contributed by atoms with Crippen molar-refractivity contribution in [3.05, 3.63) is 90.2 Å². The van der Waals surface area contributed by atoms with Crippen LogP contribution in [0.25, 0.3) is 16.7 Å². The molecule has 1 heterocycles. The fraction of sp³-hybridized carbons (Fsp3) is 0.217. The molecule has 3 rings (SSSR count). The molecule has 1 nitrogen and oxygen atoms in total. The highest BCUT2D eigenvalue weighted by Crippen LogP contribution is 2.31. The van der Waals surface area contributed by atoms with Crippen LogP contribution < -0.4 is 5.32 Å². The molecule has 1 aliphatic rings. The Kier molecular flexibility index (Phi) is 4.71. The zero-order valence-electron chi connectivity index (χ0n) is 14.7. The average Bonchev–Trinajstić information content (AvgIpc) is 2.62. The molecule has 1 unspecified atom stereocenters. The molecule has 0 aliphatic carbocycles. The summed E-state index contributed by atoms with van der Waals surface area (Å²) >= 11 is 0. The number of hydrogen-bond acceptors (Lipinski definition) is 1. The molecule has 0 aromatic heterocycles. The third-order valence-electron chi connectivity index (χ3n) is 4.54. The van der Waals surface area contributed by atoms with E-state index >= 15 is 0 Å². The van der Waals surface area contributed by atoms with Crippen LogP contribution in [0.5, 0.6) is 0 Å². The Morgan fingerprint density at radius 1 is 1.00 bits per heavy atom. The van der Waals surface area contributed by atoms with Crippen molar-refractivity contribution < 1.29 is 0 Å². The number of nitrogens with one attached hydrogen (secondary N) is 1. The molecule has 0 saturated carbocycles. The van der Waals surface area contributed by atoms with Crippen molar-refractivity contribution in [2.75, 3.05) is 0 Å². The largest absolute Gasteiger partial charge is 0.381 e. The van der Waals surface area contributed by atoms with Gasteiger partial charge in [0.1, 0.15) is 0 Å². The van der Waals surface area contributed by atoms with Gasteiger partial charge < -0.3 is 5.32 Å². The fourth-order valence-corrected chi connectivity index (χ4v) is 3.09. The number of benzene rings is 2. The Morgan fingerprint density at radius 2 is 1.71 bits per heavy atom. The number of hydrogen-bond donors (Lipinski definition) is 1. The second-order valence-electron chi connectivity index (χ2n) is 6.75. The summed E-state index contributed by atoms with van der Waals surface area (Å²) in [5, 5.41) is 3.42. The Labute approximate surface area is 145 Å². The summed E-state index contributed by atoms with van der Waals surface area (Å²) in [6.07, 6.45) is 8.29. The molecule has 0 bridgehead atoms. The van der Waals surface area contributed by atoms with Gasteiger partial charge in [0.2, 0.25) is 0 Å². The molecule has 24 heavy (non-hydrogen) atoms. The SMILES string of the molecule is C=C(C)c1ccc(-c2ccc(C(C)C)cc2)cc1C1C=CC=CN1. The lowest BCUT2D eigenvalue weighted by atomic mass is 9.90. The summed E-state index contributed by atoms with van der Waals surface area (Å²) in [5.74, 6) is 0.559. The maximum atomic E-state index is 4.14. The van der Waals surface area contributed by atoms with Crippen LogP contribution in [0.4, 0.5) is 0 Å². The zero-order valence-corrected chi connectivity index (χ0v) is 14.7. The highest BCUT2D eigenvalue weighted by Gasteiger charge is 2.14. The molecule has 1 heteroatoms. The van der Waals surface area contributed by atoms with E-state index in [1.54, 1.807) is 0 Å². The van der Waals surface area contributed by atoms with Crippen LogP contribution in [0.3, 0.4) is 0 Å². The first-order valence-corrected chi connectivity index (χ1v) is 8.56. The average molecular weight is 315 g/mol. The van der Waals surface area contributed by atoms with E-state index < -0.39 is 0 Å². The molecule has 0 fully saturated rings. The van der Waals surface area contributed by atoms with Crippen molar-refractivity contribution >= 4 is 5.57 Å². The standard InChI is InChI=1S/C23H25N/c1-16(2)18-8-10-19(11-9-18)20-12-13-21(17(3)4)22(15-20)23-7-5-6-14-24-23/h5-16,23-24H,3H2,1-2,4H3. The van der Waals surface area contributed by atoms with Crippen LogP contribution in [-0.4, -0.2) is 0 Å². The Hall–Kier alpha value is -2.54. The van der Waals surface area contributed by atoms with Crippen LogP contribution in [0.15, 0.2) is 73.5 Å². The van der Waals surface area contributed by atoms with Gasteiger partial charge in [-0.25, -0.2) is 0 Å².